The second kappa shape index (κ2) is 9.30. The van der Waals surface area contributed by atoms with Crippen molar-refractivity contribution in [1.82, 2.24) is 10.2 Å². The van der Waals surface area contributed by atoms with Crippen molar-refractivity contribution in [1.29, 1.82) is 0 Å². The number of nitrogens with two attached hydrogens (primary N) is 1. The van der Waals surface area contributed by atoms with E-state index in [1.165, 1.54) is 10.4 Å². The van der Waals surface area contributed by atoms with E-state index in [0.29, 0.717) is 12.5 Å². The van der Waals surface area contributed by atoms with Crippen molar-refractivity contribution in [2.24, 2.45) is 10.7 Å². The molecule has 1 aromatic heterocycles. The first-order chi connectivity index (χ1) is 11.6. The van der Waals surface area contributed by atoms with Crippen molar-refractivity contribution in [3.05, 3.63) is 52.2 Å². The summed E-state index contributed by atoms with van der Waals surface area (Å²) in [5, 5.41) is 5.27. The molecule has 2 aromatic rings. The van der Waals surface area contributed by atoms with E-state index >= 15 is 0 Å². The molecule has 0 saturated heterocycles. The number of guanidine groups is 1. The van der Waals surface area contributed by atoms with Crippen molar-refractivity contribution in [3.8, 4) is 5.75 Å². The number of thiophene rings is 1. The van der Waals surface area contributed by atoms with Gasteiger partial charge in [-0.25, -0.2) is 0 Å². The lowest BCUT2D eigenvalue weighted by atomic mass is 10.1. The number of methoxy groups -OCH3 is 1. The normalized spacial score (nSPS) is 13.1. The molecule has 0 unspecified atom stereocenters. The zero-order valence-corrected chi connectivity index (χ0v) is 15.3. The molecule has 0 radical (unpaired) electrons. The average molecular weight is 347 g/mol. The molecule has 1 aromatic carbocycles. The Labute approximate surface area is 148 Å². The second-order valence-corrected chi connectivity index (χ2v) is 6.72. The van der Waals surface area contributed by atoms with Gasteiger partial charge in [-0.3, -0.25) is 4.99 Å². The largest absolute Gasteiger partial charge is 0.497 e. The predicted octanol–water partition coefficient (Wildman–Crippen LogP) is 2.51. The molecule has 24 heavy (non-hydrogen) atoms. The van der Waals surface area contributed by atoms with Crippen LogP contribution in [0.5, 0.6) is 5.75 Å². The van der Waals surface area contributed by atoms with Gasteiger partial charge in [0.2, 0.25) is 0 Å². The molecule has 0 saturated carbocycles. The zero-order valence-electron chi connectivity index (χ0n) is 14.5. The van der Waals surface area contributed by atoms with E-state index in [4.69, 9.17) is 10.5 Å². The molecule has 0 aliphatic heterocycles. The summed E-state index contributed by atoms with van der Waals surface area (Å²) in [5.41, 5.74) is 7.23. The van der Waals surface area contributed by atoms with Crippen LogP contribution in [-0.4, -0.2) is 45.2 Å². The fraction of sp³-hybridized carbons (Fsp3) is 0.389. The number of benzene rings is 1. The summed E-state index contributed by atoms with van der Waals surface area (Å²) in [6.07, 6.45) is 0.891. The zero-order chi connectivity index (χ0) is 17.4. The number of likely N-dealkylation sites (N-methyl/N-ethyl adjacent to an activating group) is 1. The van der Waals surface area contributed by atoms with Gasteiger partial charge in [-0.15, -0.1) is 11.3 Å². The highest BCUT2D eigenvalue weighted by molar-refractivity contribution is 7.10. The number of aliphatic imine (C=N–C) groups is 1. The van der Waals surface area contributed by atoms with E-state index in [2.05, 4.69) is 58.9 Å². The van der Waals surface area contributed by atoms with E-state index in [0.717, 1.165) is 18.7 Å². The number of ether oxygens (including phenoxy) is 1. The molecule has 0 amide bonds. The molecule has 1 heterocycles. The Kier molecular flexibility index (Phi) is 7.08. The lowest BCUT2D eigenvalue weighted by molar-refractivity contribution is 0.310. The summed E-state index contributed by atoms with van der Waals surface area (Å²) >= 11 is 1.75. The standard InChI is InChI=1S/C18H26N4OS/c1-22(2)16(17-5-4-12-24-17)13-21-18(19)20-11-10-14-6-8-15(23-3)9-7-14/h4-9,12,16H,10-11,13H2,1-3H3,(H3,19,20,21)/t16-/m0/s1. The fourth-order valence-corrected chi connectivity index (χ4v) is 3.27. The Hall–Kier alpha value is -2.05. The summed E-state index contributed by atoms with van der Waals surface area (Å²) in [5.74, 6) is 1.36. The Morgan fingerprint density at radius 2 is 2.04 bits per heavy atom. The minimum absolute atomic E-state index is 0.256. The molecule has 2 rings (SSSR count). The molecule has 1 atom stereocenters. The highest BCUT2D eigenvalue weighted by Gasteiger charge is 2.14. The van der Waals surface area contributed by atoms with Gasteiger partial charge in [0.15, 0.2) is 5.96 Å². The molecular weight excluding hydrogens is 320 g/mol. The minimum Gasteiger partial charge on any atom is -0.497 e. The third-order valence-corrected chi connectivity index (χ3v) is 4.78. The van der Waals surface area contributed by atoms with Gasteiger partial charge in [-0.2, -0.15) is 0 Å². The van der Waals surface area contributed by atoms with Crippen LogP contribution in [0.25, 0.3) is 0 Å². The molecule has 0 bridgehead atoms. The summed E-state index contributed by atoms with van der Waals surface area (Å²) in [7, 11) is 5.80. The molecule has 6 heteroatoms. The Morgan fingerprint density at radius 1 is 1.29 bits per heavy atom. The van der Waals surface area contributed by atoms with Crippen LogP contribution in [0.15, 0.2) is 46.8 Å². The van der Waals surface area contributed by atoms with Crippen molar-refractivity contribution >= 4 is 17.3 Å². The van der Waals surface area contributed by atoms with E-state index < -0.39 is 0 Å². The van der Waals surface area contributed by atoms with Gasteiger partial charge >= 0.3 is 0 Å². The van der Waals surface area contributed by atoms with Crippen molar-refractivity contribution in [2.75, 3.05) is 34.3 Å². The summed E-state index contributed by atoms with van der Waals surface area (Å²) < 4.78 is 5.16. The molecule has 0 aliphatic rings. The monoisotopic (exact) mass is 346 g/mol. The number of nitrogens with zero attached hydrogens (tertiary/aromatic N) is 2. The third kappa shape index (κ3) is 5.54. The van der Waals surface area contributed by atoms with Gasteiger partial charge in [0.1, 0.15) is 5.75 Å². The van der Waals surface area contributed by atoms with Gasteiger partial charge in [-0.05, 0) is 49.7 Å². The van der Waals surface area contributed by atoms with Crippen LogP contribution in [0.4, 0.5) is 0 Å². The van der Waals surface area contributed by atoms with Crippen molar-refractivity contribution in [3.63, 3.8) is 0 Å². The smallest absolute Gasteiger partial charge is 0.188 e. The van der Waals surface area contributed by atoms with Crippen LogP contribution in [0.2, 0.25) is 0 Å². The lowest BCUT2D eigenvalue weighted by Crippen LogP contribution is -2.34. The Bertz CT molecular complexity index is 623. The SMILES string of the molecule is COc1ccc(CCNC(N)=NC[C@@H](c2cccs2)N(C)C)cc1. The molecule has 3 N–H and O–H groups in total. The van der Waals surface area contributed by atoms with E-state index in [-0.39, 0.29) is 6.04 Å². The fourth-order valence-electron chi connectivity index (χ4n) is 2.36. The third-order valence-electron chi connectivity index (χ3n) is 3.81. The maximum atomic E-state index is 5.99. The summed E-state index contributed by atoms with van der Waals surface area (Å²) in [6.45, 7) is 1.40. The van der Waals surface area contributed by atoms with Gasteiger partial charge in [0, 0.05) is 11.4 Å². The van der Waals surface area contributed by atoms with Gasteiger partial charge in [-0.1, -0.05) is 18.2 Å². The summed E-state index contributed by atoms with van der Waals surface area (Å²) in [4.78, 5) is 7.96. The first-order valence-electron chi connectivity index (χ1n) is 7.96. The van der Waals surface area contributed by atoms with Crippen LogP contribution < -0.4 is 15.8 Å². The number of hydrogen-bond donors (Lipinski definition) is 2. The van der Waals surface area contributed by atoms with Gasteiger partial charge in [0.25, 0.3) is 0 Å². The second-order valence-electron chi connectivity index (χ2n) is 5.75. The predicted molar refractivity (Wildman–Crippen MR) is 102 cm³/mol. The van der Waals surface area contributed by atoms with Crippen molar-refractivity contribution < 1.29 is 4.74 Å². The van der Waals surface area contributed by atoms with Gasteiger partial charge in [0.05, 0.1) is 19.7 Å². The van der Waals surface area contributed by atoms with E-state index in [1.807, 2.05) is 12.1 Å². The van der Waals surface area contributed by atoms with E-state index in [9.17, 15) is 0 Å². The van der Waals surface area contributed by atoms with Crippen LogP contribution in [-0.2, 0) is 6.42 Å². The molecule has 0 spiro atoms. The maximum absolute atomic E-state index is 5.99. The highest BCUT2D eigenvalue weighted by Crippen LogP contribution is 2.23. The quantitative estimate of drug-likeness (QED) is 0.569. The first-order valence-corrected chi connectivity index (χ1v) is 8.84. The van der Waals surface area contributed by atoms with Crippen LogP contribution in [0, 0.1) is 0 Å². The highest BCUT2D eigenvalue weighted by atomic mass is 32.1. The maximum Gasteiger partial charge on any atom is 0.188 e. The molecular formula is C18H26N4OS. The lowest BCUT2D eigenvalue weighted by Gasteiger charge is -2.21. The molecule has 0 fully saturated rings. The molecule has 0 aliphatic carbocycles. The number of hydrogen-bond acceptors (Lipinski definition) is 4. The van der Waals surface area contributed by atoms with Crippen LogP contribution in [0.1, 0.15) is 16.5 Å². The average Bonchev–Trinajstić information content (AvgIpc) is 3.09. The molecule has 130 valence electrons. The number of rotatable bonds is 8. The molecule has 5 nitrogen and oxygen atoms in total. The Morgan fingerprint density at radius 3 is 2.62 bits per heavy atom. The van der Waals surface area contributed by atoms with Crippen LogP contribution >= 0.6 is 11.3 Å². The van der Waals surface area contributed by atoms with Crippen molar-refractivity contribution in [2.45, 2.75) is 12.5 Å². The number of nitrogens with one attached hydrogen (secondary N) is 1. The first kappa shape index (κ1) is 18.3. The van der Waals surface area contributed by atoms with Crippen LogP contribution in [0.3, 0.4) is 0 Å². The summed E-state index contributed by atoms with van der Waals surface area (Å²) in [6, 6.07) is 12.5. The van der Waals surface area contributed by atoms with E-state index in [1.54, 1.807) is 18.4 Å². The topological polar surface area (TPSA) is 62.9 Å². The Balaban J connectivity index is 1.80. The van der Waals surface area contributed by atoms with Gasteiger partial charge < -0.3 is 20.7 Å². The minimum atomic E-state index is 0.256.